The second kappa shape index (κ2) is 7.27. The average Bonchev–Trinajstić information content (AvgIpc) is 3.29. The lowest BCUT2D eigenvalue weighted by molar-refractivity contribution is -0.133. The van der Waals surface area contributed by atoms with Crippen molar-refractivity contribution in [1.82, 2.24) is 29.2 Å². The van der Waals surface area contributed by atoms with Crippen molar-refractivity contribution in [3.8, 4) is 0 Å². The molecule has 4 rings (SSSR count). The number of piperidine rings is 1. The Labute approximate surface area is 152 Å². The Morgan fingerprint density at radius 2 is 2.08 bits per heavy atom. The molecule has 1 fully saturated rings. The zero-order chi connectivity index (χ0) is 17.9. The topological polar surface area (TPSA) is 68.8 Å². The average molecular weight is 352 g/mol. The van der Waals surface area contributed by atoms with Crippen molar-refractivity contribution >= 4 is 17.1 Å². The molecule has 136 valence electrons. The number of likely N-dealkylation sites (tertiary alicyclic amines) is 1. The van der Waals surface area contributed by atoms with Gasteiger partial charge in [-0.05, 0) is 37.5 Å². The van der Waals surface area contributed by atoms with Crippen LogP contribution in [0.5, 0.6) is 0 Å². The molecule has 0 spiro atoms. The molecule has 7 nitrogen and oxygen atoms in total. The highest BCUT2D eigenvalue weighted by molar-refractivity contribution is 5.76. The first kappa shape index (κ1) is 16.8. The number of fused-ring (bicyclic) bond motifs is 1. The van der Waals surface area contributed by atoms with Crippen LogP contribution in [0.4, 0.5) is 0 Å². The minimum Gasteiger partial charge on any atom is -0.341 e. The van der Waals surface area contributed by atoms with Gasteiger partial charge in [-0.25, -0.2) is 9.97 Å². The smallest absolute Gasteiger partial charge is 0.244 e. The highest BCUT2D eigenvalue weighted by Gasteiger charge is 2.27. The van der Waals surface area contributed by atoms with Crippen molar-refractivity contribution in [3.63, 3.8) is 0 Å². The highest BCUT2D eigenvalue weighted by atomic mass is 16.2. The van der Waals surface area contributed by atoms with E-state index in [1.165, 1.54) is 0 Å². The second-order valence-corrected chi connectivity index (χ2v) is 6.81. The number of amides is 1. The summed E-state index contributed by atoms with van der Waals surface area (Å²) in [5, 5.41) is 4.12. The fraction of sp³-hybridized carbons (Fsp3) is 0.474. The van der Waals surface area contributed by atoms with E-state index in [1.54, 1.807) is 10.9 Å². The molecule has 0 aromatic carbocycles. The number of hydrogen-bond acceptors (Lipinski definition) is 4. The van der Waals surface area contributed by atoms with Crippen molar-refractivity contribution in [3.05, 3.63) is 42.6 Å². The summed E-state index contributed by atoms with van der Waals surface area (Å²) in [5.74, 6) is 1.25. The minimum absolute atomic E-state index is 0.134. The minimum atomic E-state index is 0.134. The van der Waals surface area contributed by atoms with Crippen LogP contribution in [-0.2, 0) is 17.8 Å². The quantitative estimate of drug-likeness (QED) is 0.707. The van der Waals surface area contributed by atoms with E-state index >= 15 is 0 Å². The summed E-state index contributed by atoms with van der Waals surface area (Å²) in [6, 6.07) is 6.16. The third kappa shape index (κ3) is 3.21. The number of carbonyl (C=O) groups is 1. The maximum absolute atomic E-state index is 12.5. The lowest BCUT2D eigenvalue weighted by Gasteiger charge is -2.33. The fourth-order valence-corrected chi connectivity index (χ4v) is 3.77. The molecule has 0 aliphatic carbocycles. The molecule has 26 heavy (non-hydrogen) atoms. The standard InChI is InChI=1S/C19H24N6O/c1-2-5-17-22-16-6-3-9-20-19(16)25(17)15-7-12-23(13-8-15)18(26)14-24-11-4-10-21-24/h3-4,6,9-11,15H,2,5,7-8,12-14H2,1H3. The van der Waals surface area contributed by atoms with Crippen molar-refractivity contribution in [2.24, 2.45) is 0 Å². The highest BCUT2D eigenvalue weighted by Crippen LogP contribution is 2.28. The Hall–Kier alpha value is -2.70. The lowest BCUT2D eigenvalue weighted by atomic mass is 10.0. The van der Waals surface area contributed by atoms with E-state index in [9.17, 15) is 4.79 Å². The molecular formula is C19H24N6O. The van der Waals surface area contributed by atoms with Crippen LogP contribution < -0.4 is 0 Å². The third-order valence-corrected chi connectivity index (χ3v) is 5.03. The van der Waals surface area contributed by atoms with Gasteiger partial charge in [0.15, 0.2) is 5.65 Å². The van der Waals surface area contributed by atoms with Crippen LogP contribution in [0.15, 0.2) is 36.8 Å². The molecule has 0 bridgehead atoms. The Kier molecular flexibility index (Phi) is 4.69. The molecule has 3 aromatic rings. The Balaban J connectivity index is 1.48. The van der Waals surface area contributed by atoms with E-state index in [2.05, 4.69) is 21.6 Å². The van der Waals surface area contributed by atoms with Gasteiger partial charge in [-0.15, -0.1) is 0 Å². The number of rotatable bonds is 5. The van der Waals surface area contributed by atoms with E-state index in [1.807, 2.05) is 35.5 Å². The number of aromatic nitrogens is 5. The van der Waals surface area contributed by atoms with Crippen molar-refractivity contribution in [1.29, 1.82) is 0 Å². The maximum Gasteiger partial charge on any atom is 0.244 e. The van der Waals surface area contributed by atoms with Crippen LogP contribution in [0.2, 0.25) is 0 Å². The first-order chi connectivity index (χ1) is 12.8. The fourth-order valence-electron chi connectivity index (χ4n) is 3.77. The van der Waals surface area contributed by atoms with Gasteiger partial charge in [0.05, 0.1) is 0 Å². The van der Waals surface area contributed by atoms with Gasteiger partial charge in [0.1, 0.15) is 17.9 Å². The van der Waals surface area contributed by atoms with Gasteiger partial charge in [0.25, 0.3) is 0 Å². The Morgan fingerprint density at radius 1 is 1.23 bits per heavy atom. The molecule has 1 aliphatic heterocycles. The van der Waals surface area contributed by atoms with Crippen molar-refractivity contribution in [2.45, 2.75) is 45.2 Å². The molecule has 0 unspecified atom stereocenters. The summed E-state index contributed by atoms with van der Waals surface area (Å²) < 4.78 is 4.00. The Bertz CT molecular complexity index is 877. The van der Waals surface area contributed by atoms with Gasteiger partial charge < -0.3 is 9.47 Å². The zero-order valence-corrected chi connectivity index (χ0v) is 15.1. The molecule has 0 saturated carbocycles. The number of nitrogens with zero attached hydrogens (tertiary/aromatic N) is 6. The summed E-state index contributed by atoms with van der Waals surface area (Å²) in [6.45, 7) is 4.02. The van der Waals surface area contributed by atoms with Crippen LogP contribution in [0.1, 0.15) is 38.1 Å². The molecular weight excluding hydrogens is 328 g/mol. The monoisotopic (exact) mass is 352 g/mol. The molecule has 4 heterocycles. The summed E-state index contributed by atoms with van der Waals surface area (Å²) in [4.78, 5) is 23.8. The summed E-state index contributed by atoms with van der Waals surface area (Å²) >= 11 is 0. The SMILES string of the molecule is CCCc1nc2cccnc2n1C1CCN(C(=O)Cn2cccn2)CC1. The third-order valence-electron chi connectivity index (χ3n) is 5.03. The molecule has 1 amide bonds. The molecule has 1 aliphatic rings. The van der Waals surface area contributed by atoms with E-state index in [0.717, 1.165) is 55.8 Å². The predicted octanol–water partition coefficient (Wildman–Crippen LogP) is 2.44. The van der Waals surface area contributed by atoms with Crippen molar-refractivity contribution < 1.29 is 4.79 Å². The largest absolute Gasteiger partial charge is 0.341 e. The van der Waals surface area contributed by atoms with Crippen molar-refractivity contribution in [2.75, 3.05) is 13.1 Å². The van der Waals surface area contributed by atoms with E-state index in [-0.39, 0.29) is 5.91 Å². The number of aryl methyl sites for hydroxylation is 1. The number of imidazole rings is 1. The molecule has 7 heteroatoms. The molecule has 0 radical (unpaired) electrons. The summed E-state index contributed by atoms with van der Waals surface area (Å²) in [5.41, 5.74) is 1.94. The van der Waals surface area contributed by atoms with Gasteiger partial charge in [0, 0.05) is 44.1 Å². The van der Waals surface area contributed by atoms with Gasteiger partial charge in [-0.2, -0.15) is 5.10 Å². The molecule has 3 aromatic heterocycles. The zero-order valence-electron chi connectivity index (χ0n) is 15.1. The molecule has 1 saturated heterocycles. The first-order valence-corrected chi connectivity index (χ1v) is 9.33. The van der Waals surface area contributed by atoms with E-state index < -0.39 is 0 Å². The predicted molar refractivity (Wildman–Crippen MR) is 98.6 cm³/mol. The lowest BCUT2D eigenvalue weighted by Crippen LogP contribution is -2.41. The Morgan fingerprint density at radius 3 is 2.81 bits per heavy atom. The molecule has 0 N–H and O–H groups in total. The number of pyridine rings is 1. The van der Waals surface area contributed by atoms with Crippen LogP contribution in [-0.4, -0.2) is 48.2 Å². The summed E-state index contributed by atoms with van der Waals surface area (Å²) in [7, 11) is 0. The van der Waals surface area contributed by atoms with Gasteiger partial charge >= 0.3 is 0 Å². The van der Waals surface area contributed by atoms with Gasteiger partial charge in [0.2, 0.25) is 5.91 Å². The van der Waals surface area contributed by atoms with E-state index in [4.69, 9.17) is 4.98 Å². The number of carbonyl (C=O) groups excluding carboxylic acids is 1. The second-order valence-electron chi connectivity index (χ2n) is 6.81. The van der Waals surface area contributed by atoms with Gasteiger partial charge in [-0.1, -0.05) is 6.92 Å². The normalized spacial score (nSPS) is 15.7. The van der Waals surface area contributed by atoms with E-state index in [0.29, 0.717) is 12.6 Å². The first-order valence-electron chi connectivity index (χ1n) is 9.33. The van der Waals surface area contributed by atoms with Crippen LogP contribution in [0, 0.1) is 0 Å². The van der Waals surface area contributed by atoms with Crippen LogP contribution >= 0.6 is 0 Å². The maximum atomic E-state index is 12.5. The molecule has 0 atom stereocenters. The van der Waals surface area contributed by atoms with Gasteiger partial charge in [-0.3, -0.25) is 9.48 Å². The summed E-state index contributed by atoms with van der Waals surface area (Å²) in [6.07, 6.45) is 9.24. The van der Waals surface area contributed by atoms with Crippen LogP contribution in [0.25, 0.3) is 11.2 Å². The van der Waals surface area contributed by atoms with Crippen LogP contribution in [0.3, 0.4) is 0 Å². The number of hydrogen-bond donors (Lipinski definition) is 0.